The number of anilines is 1. The normalized spacial score (nSPS) is 19.7. The maximum atomic E-state index is 14.1. The average molecular weight is 810 g/mol. The molecule has 3 heterocycles. The van der Waals surface area contributed by atoms with Gasteiger partial charge in [-0.3, -0.25) is 29.8 Å². The molecule has 2 aliphatic heterocycles. The number of benzene rings is 3. The van der Waals surface area contributed by atoms with Crippen LogP contribution in [-0.4, -0.2) is 90.4 Å². The molecule has 3 aliphatic rings. The minimum atomic E-state index is -4.60. The molecule has 0 spiro atoms. The summed E-state index contributed by atoms with van der Waals surface area (Å²) in [5.41, 5.74) is 1.13. The Morgan fingerprint density at radius 3 is 2.34 bits per heavy atom. The Kier molecular flexibility index (Phi) is 12.7. The van der Waals surface area contributed by atoms with Gasteiger partial charge in [-0.2, -0.15) is 13.2 Å². The van der Waals surface area contributed by atoms with E-state index in [2.05, 4.69) is 15.6 Å². The minimum absolute atomic E-state index is 0.0749. The number of fused-ring (bicyclic) bond motifs is 2. The lowest BCUT2D eigenvalue weighted by Gasteiger charge is -2.30. The molecular weight excluding hydrogens is 766 g/mol. The number of piperidine rings is 1. The molecule has 1 unspecified atom stereocenters. The zero-order valence-corrected chi connectivity index (χ0v) is 31.5. The van der Waals surface area contributed by atoms with Crippen LogP contribution in [0.1, 0.15) is 76.4 Å². The Morgan fingerprint density at radius 2 is 1.60 bits per heavy atom. The highest BCUT2D eigenvalue weighted by atomic mass is 19.4. The predicted molar refractivity (Wildman–Crippen MR) is 201 cm³/mol. The predicted octanol–water partition coefficient (Wildman–Crippen LogP) is 6.07. The number of aromatic nitrogens is 2. The fourth-order valence-corrected chi connectivity index (χ4v) is 7.66. The fraction of sp³-hybridized carbons (Fsp3) is 0.439. The Hall–Kier alpha value is -5.39. The first-order valence-corrected chi connectivity index (χ1v) is 19.2. The number of ether oxygens (including phenoxy) is 4. The van der Waals surface area contributed by atoms with Crippen LogP contribution in [0.25, 0.3) is 11.0 Å². The van der Waals surface area contributed by atoms with E-state index in [9.17, 15) is 36.7 Å². The van der Waals surface area contributed by atoms with Gasteiger partial charge in [-0.15, -0.1) is 0 Å². The van der Waals surface area contributed by atoms with Crippen molar-refractivity contribution in [2.24, 2.45) is 5.92 Å². The topological polar surface area (TPSA) is 150 Å². The van der Waals surface area contributed by atoms with Crippen molar-refractivity contribution in [3.05, 3.63) is 88.7 Å². The number of nitrogens with zero attached hydrogens (tertiary/aromatic N) is 3. The first-order chi connectivity index (χ1) is 27.9. The van der Waals surface area contributed by atoms with E-state index in [0.717, 1.165) is 43.4 Å². The highest BCUT2D eigenvalue weighted by molar-refractivity contribution is 6.06. The molecule has 3 aromatic carbocycles. The van der Waals surface area contributed by atoms with Crippen LogP contribution in [0.4, 0.5) is 23.5 Å². The van der Waals surface area contributed by atoms with Gasteiger partial charge in [0.25, 0.3) is 11.8 Å². The van der Waals surface area contributed by atoms with Gasteiger partial charge in [0.2, 0.25) is 17.8 Å². The number of rotatable bonds is 16. The number of hydrogen-bond acceptors (Lipinski definition) is 9. The maximum absolute atomic E-state index is 14.1. The monoisotopic (exact) mass is 809 g/mol. The number of hydrogen-bond donors (Lipinski definition) is 2. The first kappa shape index (κ1) is 40.8. The Balaban J connectivity index is 0.777. The van der Waals surface area contributed by atoms with E-state index in [1.165, 1.54) is 29.2 Å². The van der Waals surface area contributed by atoms with Crippen LogP contribution >= 0.6 is 0 Å². The van der Waals surface area contributed by atoms with E-state index in [1.807, 2.05) is 4.57 Å². The van der Waals surface area contributed by atoms with Crippen LogP contribution in [0.15, 0.2) is 60.7 Å². The quantitative estimate of drug-likeness (QED) is 0.0782. The molecular formula is C41H43F4N5O8. The van der Waals surface area contributed by atoms with Crippen molar-refractivity contribution in [2.45, 2.75) is 63.3 Å². The van der Waals surface area contributed by atoms with Gasteiger partial charge in [0.15, 0.2) is 0 Å². The summed E-state index contributed by atoms with van der Waals surface area (Å²) in [6, 6.07) is 12.7. The van der Waals surface area contributed by atoms with Gasteiger partial charge in [0, 0.05) is 42.8 Å². The first-order valence-electron chi connectivity index (χ1n) is 19.2. The number of nitrogens with one attached hydrogen (secondary N) is 2. The molecule has 7 rings (SSSR count). The molecule has 4 amide bonds. The molecule has 1 aliphatic carbocycles. The lowest BCUT2D eigenvalue weighted by molar-refractivity contribution is -0.138. The highest BCUT2D eigenvalue weighted by Gasteiger charge is 2.39. The summed E-state index contributed by atoms with van der Waals surface area (Å²) in [5.74, 6) is -1.23. The van der Waals surface area contributed by atoms with Crippen LogP contribution in [0.2, 0.25) is 0 Å². The molecule has 1 saturated heterocycles. The zero-order valence-electron chi connectivity index (χ0n) is 31.5. The summed E-state index contributed by atoms with van der Waals surface area (Å²) in [6.07, 6.45) is -0.983. The van der Waals surface area contributed by atoms with Gasteiger partial charge in [-0.25, -0.2) is 9.37 Å². The molecule has 2 N–H and O–H groups in total. The molecule has 17 heteroatoms. The number of imidazole rings is 1. The zero-order chi connectivity index (χ0) is 40.8. The summed E-state index contributed by atoms with van der Waals surface area (Å²) >= 11 is 0. The number of halogens is 4. The van der Waals surface area contributed by atoms with E-state index in [4.69, 9.17) is 18.9 Å². The number of carbonyl (C=O) groups excluding carboxylic acids is 4. The van der Waals surface area contributed by atoms with Gasteiger partial charge >= 0.3 is 6.18 Å². The summed E-state index contributed by atoms with van der Waals surface area (Å²) in [6.45, 7) is 2.99. The van der Waals surface area contributed by atoms with E-state index in [-0.39, 0.29) is 42.3 Å². The van der Waals surface area contributed by atoms with Crippen molar-refractivity contribution in [1.82, 2.24) is 19.8 Å². The second kappa shape index (κ2) is 18.0. The van der Waals surface area contributed by atoms with Gasteiger partial charge in [0.1, 0.15) is 24.2 Å². The van der Waals surface area contributed by atoms with Crippen molar-refractivity contribution in [3.8, 4) is 5.75 Å². The third-order valence-corrected chi connectivity index (χ3v) is 10.6. The molecule has 1 aromatic heterocycles. The second-order valence-electron chi connectivity index (χ2n) is 14.5. The van der Waals surface area contributed by atoms with Gasteiger partial charge in [-0.05, 0) is 92.1 Å². The molecule has 0 radical (unpaired) electrons. The average Bonchev–Trinajstić information content (AvgIpc) is 3.72. The number of imide groups is 1. The third kappa shape index (κ3) is 9.65. The molecule has 4 aromatic rings. The van der Waals surface area contributed by atoms with Crippen molar-refractivity contribution in [1.29, 1.82) is 0 Å². The van der Waals surface area contributed by atoms with Crippen molar-refractivity contribution >= 4 is 40.6 Å². The van der Waals surface area contributed by atoms with Gasteiger partial charge in [0.05, 0.1) is 49.6 Å². The minimum Gasteiger partial charge on any atom is -0.491 e. The van der Waals surface area contributed by atoms with E-state index >= 15 is 0 Å². The number of carbonyl (C=O) groups is 4. The van der Waals surface area contributed by atoms with Crippen molar-refractivity contribution in [3.63, 3.8) is 0 Å². The Morgan fingerprint density at radius 1 is 0.862 bits per heavy atom. The van der Waals surface area contributed by atoms with E-state index in [1.54, 1.807) is 24.3 Å². The second-order valence-corrected chi connectivity index (χ2v) is 14.5. The van der Waals surface area contributed by atoms with E-state index in [0.29, 0.717) is 80.9 Å². The van der Waals surface area contributed by atoms with Crippen LogP contribution < -0.4 is 15.4 Å². The number of alkyl halides is 3. The van der Waals surface area contributed by atoms with E-state index < -0.39 is 35.4 Å². The molecule has 1 saturated carbocycles. The van der Waals surface area contributed by atoms with Crippen LogP contribution in [0.3, 0.4) is 0 Å². The maximum Gasteiger partial charge on any atom is 0.416 e. The standard InChI is InChI=1S/C41H43F4N5O8/c42-29-6-11-34-33(22-29)46-40(48-37(52)26-2-1-3-28(20-26)41(43,44)45)50(34)30-7-4-25(5-8-30)24-57-17-16-55-14-15-56-18-19-58-31-9-10-32-27(21-31)23-49(39(32)54)35-12-13-36(51)47-38(35)53/h1-3,6,9-11,20-22,25,30,35H,4-5,7-8,12-19,23-24H2,(H,46,48,52)(H,47,51,53)/t25-,30+,35?. The smallest absolute Gasteiger partial charge is 0.416 e. The van der Waals surface area contributed by atoms with Gasteiger partial charge in [-0.1, -0.05) is 6.07 Å². The summed E-state index contributed by atoms with van der Waals surface area (Å²) in [4.78, 5) is 55.6. The van der Waals surface area contributed by atoms with Crippen LogP contribution in [0, 0.1) is 11.7 Å². The van der Waals surface area contributed by atoms with Crippen LogP contribution in [0.5, 0.6) is 5.75 Å². The highest BCUT2D eigenvalue weighted by Crippen LogP contribution is 2.37. The summed E-state index contributed by atoms with van der Waals surface area (Å²) in [5, 5.41) is 4.96. The van der Waals surface area contributed by atoms with Crippen molar-refractivity contribution in [2.75, 3.05) is 51.6 Å². The lowest BCUT2D eigenvalue weighted by atomic mass is 9.86. The molecule has 0 bridgehead atoms. The Bertz CT molecular complexity index is 2150. The molecule has 1 atom stereocenters. The molecule has 2 fully saturated rings. The molecule has 308 valence electrons. The third-order valence-electron chi connectivity index (χ3n) is 10.6. The van der Waals surface area contributed by atoms with Gasteiger partial charge < -0.3 is 28.4 Å². The Labute approximate surface area is 330 Å². The molecule has 13 nitrogen and oxygen atoms in total. The van der Waals surface area contributed by atoms with Crippen LogP contribution in [-0.2, 0) is 36.5 Å². The summed E-state index contributed by atoms with van der Waals surface area (Å²) < 4.78 is 78.7. The largest absolute Gasteiger partial charge is 0.491 e. The lowest BCUT2D eigenvalue weighted by Crippen LogP contribution is -2.52. The van der Waals surface area contributed by atoms with Crippen molar-refractivity contribution < 1.29 is 55.7 Å². The molecule has 58 heavy (non-hydrogen) atoms. The SMILES string of the molecule is O=C1CCC(N2Cc3cc(OCCOCCOCCOC[C@H]4CC[C@@H](n5c(NC(=O)c6cccc(C(F)(F)F)c6)nc6cc(F)ccc65)CC4)ccc3C2=O)C(=O)N1. The summed E-state index contributed by atoms with van der Waals surface area (Å²) in [7, 11) is 0. The fourth-order valence-electron chi connectivity index (χ4n) is 7.66. The number of amides is 4.